The van der Waals surface area contributed by atoms with Gasteiger partial charge in [-0.3, -0.25) is 9.27 Å². The number of furan rings is 1. The molecular weight excluding hydrogens is 330 g/mol. The lowest BCUT2D eigenvalue weighted by Crippen LogP contribution is -2.04. The molecule has 0 radical (unpaired) electrons. The van der Waals surface area contributed by atoms with Gasteiger partial charge in [0.15, 0.2) is 0 Å². The van der Waals surface area contributed by atoms with Crippen molar-refractivity contribution >= 4 is 46.1 Å². The van der Waals surface area contributed by atoms with E-state index in [0.29, 0.717) is 10.7 Å². The SMILES string of the molecule is O=S(O)Nc1cc(C=S)cc(CCCc2ccco2)c1Cl. The van der Waals surface area contributed by atoms with E-state index in [0.717, 1.165) is 36.1 Å². The predicted molar refractivity (Wildman–Crippen MR) is 89.3 cm³/mol. The van der Waals surface area contributed by atoms with Crippen LogP contribution in [-0.4, -0.2) is 14.1 Å². The van der Waals surface area contributed by atoms with Crippen molar-refractivity contribution in [3.05, 3.63) is 52.4 Å². The molecule has 112 valence electrons. The predicted octanol–water partition coefficient (Wildman–Crippen LogP) is 4.00. The number of nitrogens with one attached hydrogen (secondary N) is 1. The first-order valence-electron chi connectivity index (χ1n) is 6.27. The molecule has 7 heteroatoms. The zero-order valence-corrected chi connectivity index (χ0v) is 13.4. The van der Waals surface area contributed by atoms with Gasteiger partial charge in [-0.25, -0.2) is 4.21 Å². The summed E-state index contributed by atoms with van der Waals surface area (Å²) in [7, 11) is 0. The van der Waals surface area contributed by atoms with E-state index in [2.05, 4.69) is 4.72 Å². The second kappa shape index (κ2) is 7.70. The van der Waals surface area contributed by atoms with Crippen molar-refractivity contribution in [2.75, 3.05) is 4.72 Å². The fourth-order valence-electron chi connectivity index (χ4n) is 2.04. The second-order valence-electron chi connectivity index (χ2n) is 4.44. The molecule has 1 heterocycles. The van der Waals surface area contributed by atoms with E-state index in [9.17, 15) is 4.21 Å². The summed E-state index contributed by atoms with van der Waals surface area (Å²) in [6, 6.07) is 7.33. The van der Waals surface area contributed by atoms with Gasteiger partial charge in [0, 0.05) is 11.8 Å². The highest BCUT2D eigenvalue weighted by Gasteiger charge is 2.10. The van der Waals surface area contributed by atoms with E-state index in [-0.39, 0.29) is 0 Å². The maximum Gasteiger partial charge on any atom is 0.259 e. The molecule has 21 heavy (non-hydrogen) atoms. The molecule has 1 aromatic carbocycles. The second-order valence-corrected chi connectivity index (χ2v) is 5.76. The molecule has 0 aliphatic carbocycles. The summed E-state index contributed by atoms with van der Waals surface area (Å²) < 4.78 is 27.5. The normalized spacial score (nSPS) is 12.1. The molecule has 1 unspecified atom stereocenters. The lowest BCUT2D eigenvalue weighted by atomic mass is 10.0. The van der Waals surface area contributed by atoms with E-state index in [1.54, 1.807) is 12.3 Å². The van der Waals surface area contributed by atoms with E-state index < -0.39 is 11.3 Å². The summed E-state index contributed by atoms with van der Waals surface area (Å²) in [5.74, 6) is 0.923. The topological polar surface area (TPSA) is 62.5 Å². The Morgan fingerprint density at radius 1 is 1.43 bits per heavy atom. The molecule has 0 saturated heterocycles. The van der Waals surface area contributed by atoms with Crippen molar-refractivity contribution in [2.45, 2.75) is 19.3 Å². The first kappa shape index (κ1) is 16.2. The van der Waals surface area contributed by atoms with Crippen molar-refractivity contribution in [3.63, 3.8) is 0 Å². The Kier molecular flexibility index (Phi) is 5.93. The van der Waals surface area contributed by atoms with E-state index in [4.69, 9.17) is 32.8 Å². The van der Waals surface area contributed by atoms with Crippen LogP contribution in [0, 0.1) is 0 Å². The fourth-order valence-corrected chi connectivity index (χ4v) is 2.83. The quantitative estimate of drug-likeness (QED) is 0.589. The monoisotopic (exact) mass is 343 g/mol. The maximum absolute atomic E-state index is 10.9. The zero-order chi connectivity index (χ0) is 15.2. The highest BCUT2D eigenvalue weighted by Crippen LogP contribution is 2.29. The van der Waals surface area contributed by atoms with Crippen LogP contribution in [0.3, 0.4) is 0 Å². The number of hydrogen-bond donors (Lipinski definition) is 2. The smallest absolute Gasteiger partial charge is 0.259 e. The Morgan fingerprint density at radius 2 is 2.24 bits per heavy atom. The molecule has 0 amide bonds. The van der Waals surface area contributed by atoms with Crippen LogP contribution < -0.4 is 4.72 Å². The number of anilines is 1. The first-order valence-corrected chi connectivity index (χ1v) is 8.23. The van der Waals surface area contributed by atoms with Gasteiger partial charge in [0.2, 0.25) is 0 Å². The fraction of sp³-hybridized carbons (Fsp3) is 0.214. The molecule has 0 saturated carbocycles. The third-order valence-electron chi connectivity index (χ3n) is 2.95. The number of halogens is 1. The molecule has 2 rings (SSSR count). The average molecular weight is 344 g/mol. The van der Waals surface area contributed by atoms with Crippen LogP contribution in [0.4, 0.5) is 5.69 Å². The maximum atomic E-state index is 10.9. The molecular formula is C14H14ClNO3S2. The number of aryl methyl sites for hydroxylation is 2. The lowest BCUT2D eigenvalue weighted by Gasteiger charge is -2.11. The molecule has 2 N–H and O–H groups in total. The van der Waals surface area contributed by atoms with Gasteiger partial charge in [-0.2, -0.15) is 0 Å². The van der Waals surface area contributed by atoms with Crippen LogP contribution in [0.1, 0.15) is 23.3 Å². The summed E-state index contributed by atoms with van der Waals surface area (Å²) in [6.07, 6.45) is 4.03. The van der Waals surface area contributed by atoms with Crippen LogP contribution in [0.2, 0.25) is 5.02 Å². The highest BCUT2D eigenvalue weighted by atomic mass is 35.5. The summed E-state index contributed by atoms with van der Waals surface area (Å²) in [4.78, 5) is 0. The summed E-state index contributed by atoms with van der Waals surface area (Å²) >= 11 is 9.01. The van der Waals surface area contributed by atoms with Crippen molar-refractivity contribution in [3.8, 4) is 0 Å². The molecule has 0 aliphatic heterocycles. The van der Waals surface area contributed by atoms with Crippen LogP contribution >= 0.6 is 23.8 Å². The Morgan fingerprint density at radius 3 is 2.86 bits per heavy atom. The Balaban J connectivity index is 2.13. The van der Waals surface area contributed by atoms with Crippen LogP contribution in [0.15, 0.2) is 34.9 Å². The van der Waals surface area contributed by atoms with E-state index in [1.807, 2.05) is 18.2 Å². The van der Waals surface area contributed by atoms with Gasteiger partial charge >= 0.3 is 0 Å². The van der Waals surface area contributed by atoms with Crippen molar-refractivity contribution in [2.24, 2.45) is 0 Å². The minimum atomic E-state index is -2.17. The van der Waals surface area contributed by atoms with E-state index >= 15 is 0 Å². The summed E-state index contributed by atoms with van der Waals surface area (Å²) in [5.41, 5.74) is 2.06. The van der Waals surface area contributed by atoms with Gasteiger partial charge in [-0.05, 0) is 48.2 Å². The number of thiocarbonyl (C=S) groups is 1. The summed E-state index contributed by atoms with van der Waals surface area (Å²) in [5, 5.41) is 1.95. The third kappa shape index (κ3) is 4.64. The standard InChI is InChI=1S/C14H14ClNO3S2/c15-14-11(3-1-4-12-5-2-6-19-12)7-10(9-20)8-13(14)16-21(17)18/h2,5-9,16H,1,3-4H2,(H,17,18). The van der Waals surface area contributed by atoms with E-state index in [1.165, 1.54) is 5.37 Å². The van der Waals surface area contributed by atoms with Gasteiger partial charge < -0.3 is 4.42 Å². The average Bonchev–Trinajstić information content (AvgIpc) is 2.95. The highest BCUT2D eigenvalue weighted by molar-refractivity contribution is 7.80. The molecule has 2 aromatic rings. The van der Waals surface area contributed by atoms with Gasteiger partial charge in [-0.1, -0.05) is 23.8 Å². The number of benzene rings is 1. The summed E-state index contributed by atoms with van der Waals surface area (Å²) in [6.45, 7) is 0. The molecule has 0 aliphatic rings. The zero-order valence-electron chi connectivity index (χ0n) is 11.0. The third-order valence-corrected chi connectivity index (χ3v) is 4.07. The molecule has 4 nitrogen and oxygen atoms in total. The Hall–Kier alpha value is -1.21. The van der Waals surface area contributed by atoms with Crippen LogP contribution in [0.5, 0.6) is 0 Å². The van der Waals surface area contributed by atoms with Gasteiger partial charge in [0.25, 0.3) is 11.3 Å². The number of hydrogen-bond acceptors (Lipinski definition) is 3. The minimum Gasteiger partial charge on any atom is -0.469 e. The van der Waals surface area contributed by atoms with Gasteiger partial charge in [0.05, 0.1) is 17.0 Å². The molecule has 1 atom stereocenters. The minimum absolute atomic E-state index is 0.407. The molecule has 1 aromatic heterocycles. The van der Waals surface area contributed by atoms with Crippen LogP contribution in [0.25, 0.3) is 0 Å². The first-order chi connectivity index (χ1) is 10.1. The Bertz CT molecular complexity index is 644. The van der Waals surface area contributed by atoms with Gasteiger partial charge in [-0.15, -0.1) is 0 Å². The van der Waals surface area contributed by atoms with Crippen LogP contribution in [-0.2, 0) is 24.1 Å². The lowest BCUT2D eigenvalue weighted by molar-refractivity contribution is 0.502. The Labute approximate surface area is 135 Å². The van der Waals surface area contributed by atoms with Crippen molar-refractivity contribution < 1.29 is 13.2 Å². The van der Waals surface area contributed by atoms with Crippen molar-refractivity contribution in [1.82, 2.24) is 0 Å². The molecule has 0 spiro atoms. The van der Waals surface area contributed by atoms with Gasteiger partial charge in [0.1, 0.15) is 5.76 Å². The molecule has 0 fully saturated rings. The van der Waals surface area contributed by atoms with Crippen molar-refractivity contribution in [1.29, 1.82) is 0 Å². The number of rotatable bonds is 7. The molecule has 0 bridgehead atoms. The largest absolute Gasteiger partial charge is 0.469 e.